The minimum absolute atomic E-state index is 0.0288. The number of nitrogen functional groups attached to an aromatic ring is 1. The molecule has 0 bridgehead atoms. The summed E-state index contributed by atoms with van der Waals surface area (Å²) in [4.78, 5) is 7.58. The first-order chi connectivity index (χ1) is 7.45. The molecular formula is C9H14ClN3O3. The van der Waals surface area contributed by atoms with E-state index in [-0.39, 0.29) is 17.5 Å². The van der Waals surface area contributed by atoms with Gasteiger partial charge in [-0.15, -0.1) is 0 Å². The lowest BCUT2D eigenvalue weighted by Crippen LogP contribution is -2.18. The summed E-state index contributed by atoms with van der Waals surface area (Å²) in [6, 6.07) is 0. The van der Waals surface area contributed by atoms with Gasteiger partial charge in [0, 0.05) is 12.0 Å². The van der Waals surface area contributed by atoms with Crippen molar-refractivity contribution >= 4 is 17.5 Å². The van der Waals surface area contributed by atoms with Gasteiger partial charge in [-0.05, 0) is 6.92 Å². The van der Waals surface area contributed by atoms with Crippen LogP contribution in [0.2, 0.25) is 5.15 Å². The second-order valence-electron chi connectivity index (χ2n) is 3.46. The van der Waals surface area contributed by atoms with E-state index in [0.717, 1.165) is 0 Å². The van der Waals surface area contributed by atoms with Crippen LogP contribution in [0.1, 0.15) is 23.8 Å². The fraction of sp³-hybridized carbons (Fsp3) is 0.556. The minimum atomic E-state index is -1.03. The van der Waals surface area contributed by atoms with Crippen molar-refractivity contribution in [1.82, 2.24) is 9.97 Å². The predicted molar refractivity (Wildman–Crippen MR) is 58.9 cm³/mol. The fourth-order valence-corrected chi connectivity index (χ4v) is 1.75. The van der Waals surface area contributed by atoms with Crippen LogP contribution in [0.5, 0.6) is 0 Å². The van der Waals surface area contributed by atoms with Crippen LogP contribution >= 0.6 is 11.6 Å². The third-order valence-corrected chi connectivity index (χ3v) is 2.43. The molecule has 90 valence electrons. The SMILES string of the molecule is Cc1nc(N)nc(Cl)c1C(O)CC(O)CO. The number of hydrogen-bond donors (Lipinski definition) is 4. The highest BCUT2D eigenvalue weighted by Crippen LogP contribution is 2.27. The van der Waals surface area contributed by atoms with Crippen LogP contribution in [0.3, 0.4) is 0 Å². The molecule has 1 aromatic rings. The molecule has 2 unspecified atom stereocenters. The van der Waals surface area contributed by atoms with Crippen molar-refractivity contribution in [2.24, 2.45) is 0 Å². The van der Waals surface area contributed by atoms with Gasteiger partial charge in [0.15, 0.2) is 0 Å². The molecule has 2 atom stereocenters. The number of halogens is 1. The Morgan fingerprint density at radius 3 is 2.50 bits per heavy atom. The fourth-order valence-electron chi connectivity index (χ4n) is 1.40. The van der Waals surface area contributed by atoms with Crippen molar-refractivity contribution in [3.8, 4) is 0 Å². The summed E-state index contributed by atoms with van der Waals surface area (Å²) >= 11 is 5.82. The molecule has 0 aliphatic heterocycles. The van der Waals surface area contributed by atoms with Gasteiger partial charge in [-0.2, -0.15) is 0 Å². The van der Waals surface area contributed by atoms with Gasteiger partial charge in [0.2, 0.25) is 5.95 Å². The molecule has 6 nitrogen and oxygen atoms in total. The maximum atomic E-state index is 9.80. The normalized spacial score (nSPS) is 14.8. The van der Waals surface area contributed by atoms with E-state index in [1.54, 1.807) is 6.92 Å². The zero-order valence-corrected chi connectivity index (χ0v) is 9.52. The molecular weight excluding hydrogens is 234 g/mol. The molecule has 0 radical (unpaired) electrons. The molecule has 0 spiro atoms. The molecule has 0 aromatic carbocycles. The number of aliphatic hydroxyl groups is 3. The van der Waals surface area contributed by atoms with E-state index < -0.39 is 18.8 Å². The Labute approximate surface area is 97.7 Å². The third kappa shape index (κ3) is 3.02. The number of nitrogens with two attached hydrogens (primary N) is 1. The van der Waals surface area contributed by atoms with E-state index in [4.69, 9.17) is 22.4 Å². The van der Waals surface area contributed by atoms with E-state index >= 15 is 0 Å². The number of nitrogens with zero attached hydrogens (tertiary/aromatic N) is 2. The van der Waals surface area contributed by atoms with Gasteiger partial charge in [-0.3, -0.25) is 0 Å². The van der Waals surface area contributed by atoms with Crippen LogP contribution in [-0.4, -0.2) is 38.0 Å². The standard InChI is InChI=1S/C9H14ClN3O3/c1-4-7(6(16)2-5(15)3-14)8(10)13-9(11)12-4/h5-6,14-16H,2-3H2,1H3,(H2,11,12,13). The van der Waals surface area contributed by atoms with Crippen LogP contribution in [-0.2, 0) is 0 Å². The summed E-state index contributed by atoms with van der Waals surface area (Å²) in [5.74, 6) is 0.0288. The van der Waals surface area contributed by atoms with E-state index in [1.807, 2.05) is 0 Å². The van der Waals surface area contributed by atoms with Crippen molar-refractivity contribution in [3.63, 3.8) is 0 Å². The Balaban J connectivity index is 2.95. The zero-order valence-electron chi connectivity index (χ0n) is 8.76. The number of hydrogen-bond acceptors (Lipinski definition) is 6. The van der Waals surface area contributed by atoms with Gasteiger partial charge in [0.05, 0.1) is 24.5 Å². The highest BCUT2D eigenvalue weighted by atomic mass is 35.5. The molecule has 5 N–H and O–H groups in total. The van der Waals surface area contributed by atoms with Crippen LogP contribution in [0.25, 0.3) is 0 Å². The van der Waals surface area contributed by atoms with Crippen molar-refractivity contribution in [3.05, 3.63) is 16.4 Å². The lowest BCUT2D eigenvalue weighted by atomic mass is 10.0. The maximum Gasteiger partial charge on any atom is 0.221 e. The monoisotopic (exact) mass is 247 g/mol. The highest BCUT2D eigenvalue weighted by Gasteiger charge is 2.20. The maximum absolute atomic E-state index is 9.80. The smallest absolute Gasteiger partial charge is 0.221 e. The molecule has 0 saturated carbocycles. The van der Waals surface area contributed by atoms with Crippen LogP contribution in [0.4, 0.5) is 5.95 Å². The molecule has 0 aliphatic carbocycles. The molecule has 0 amide bonds. The largest absolute Gasteiger partial charge is 0.394 e. The van der Waals surface area contributed by atoms with Crippen molar-refractivity contribution < 1.29 is 15.3 Å². The van der Waals surface area contributed by atoms with E-state index in [0.29, 0.717) is 11.3 Å². The number of aromatic nitrogens is 2. The first kappa shape index (κ1) is 13.1. The van der Waals surface area contributed by atoms with E-state index in [2.05, 4.69) is 9.97 Å². The molecule has 1 heterocycles. The zero-order chi connectivity index (χ0) is 12.3. The van der Waals surface area contributed by atoms with E-state index in [1.165, 1.54) is 0 Å². The summed E-state index contributed by atoms with van der Waals surface area (Å²) in [6.07, 6.45) is -2.08. The second-order valence-corrected chi connectivity index (χ2v) is 3.82. The third-order valence-electron chi connectivity index (χ3n) is 2.15. The average Bonchev–Trinajstić information content (AvgIpc) is 2.15. The summed E-state index contributed by atoms with van der Waals surface area (Å²) in [6.45, 7) is 1.21. The van der Waals surface area contributed by atoms with Crippen molar-refractivity contribution in [2.75, 3.05) is 12.3 Å². The molecule has 0 fully saturated rings. The molecule has 7 heteroatoms. The lowest BCUT2D eigenvalue weighted by Gasteiger charge is -2.16. The molecule has 1 rings (SSSR count). The van der Waals surface area contributed by atoms with Gasteiger partial charge in [-0.25, -0.2) is 9.97 Å². The Bertz CT molecular complexity index is 352. The van der Waals surface area contributed by atoms with Crippen LogP contribution in [0, 0.1) is 6.92 Å². The first-order valence-corrected chi connectivity index (χ1v) is 5.10. The summed E-state index contributed by atoms with van der Waals surface area (Å²) in [5.41, 5.74) is 6.15. The second kappa shape index (κ2) is 5.40. The molecule has 16 heavy (non-hydrogen) atoms. The van der Waals surface area contributed by atoms with Crippen molar-refractivity contribution in [2.45, 2.75) is 25.6 Å². The quantitative estimate of drug-likeness (QED) is 0.548. The molecule has 0 aliphatic rings. The first-order valence-electron chi connectivity index (χ1n) is 4.72. The van der Waals surface area contributed by atoms with Gasteiger partial charge in [0.25, 0.3) is 0 Å². The van der Waals surface area contributed by atoms with Crippen LogP contribution in [0.15, 0.2) is 0 Å². The predicted octanol–water partition coefficient (Wildman–Crippen LogP) is -0.203. The topological polar surface area (TPSA) is 112 Å². The lowest BCUT2D eigenvalue weighted by molar-refractivity contribution is 0.0409. The minimum Gasteiger partial charge on any atom is -0.394 e. The summed E-state index contributed by atoms with van der Waals surface area (Å²) in [5, 5.41) is 27.7. The van der Waals surface area contributed by atoms with Crippen molar-refractivity contribution in [1.29, 1.82) is 0 Å². The van der Waals surface area contributed by atoms with Crippen LogP contribution < -0.4 is 5.73 Å². The van der Waals surface area contributed by atoms with Gasteiger partial charge < -0.3 is 21.1 Å². The van der Waals surface area contributed by atoms with Gasteiger partial charge in [-0.1, -0.05) is 11.6 Å². The summed E-state index contributed by atoms with van der Waals surface area (Å²) < 4.78 is 0. The average molecular weight is 248 g/mol. The number of anilines is 1. The Kier molecular flexibility index (Phi) is 4.43. The number of aliphatic hydroxyl groups excluding tert-OH is 3. The molecule has 1 aromatic heterocycles. The van der Waals surface area contributed by atoms with Gasteiger partial charge >= 0.3 is 0 Å². The molecule has 0 saturated heterocycles. The highest BCUT2D eigenvalue weighted by molar-refractivity contribution is 6.30. The Hall–Kier alpha value is -0.950. The Morgan fingerprint density at radius 2 is 2.00 bits per heavy atom. The van der Waals surface area contributed by atoms with Gasteiger partial charge in [0.1, 0.15) is 5.15 Å². The van der Waals surface area contributed by atoms with E-state index in [9.17, 15) is 10.2 Å². The number of rotatable bonds is 4. The number of aryl methyl sites for hydroxylation is 1. The summed E-state index contributed by atoms with van der Waals surface area (Å²) in [7, 11) is 0. The Morgan fingerprint density at radius 1 is 1.38 bits per heavy atom.